The lowest BCUT2D eigenvalue weighted by molar-refractivity contribution is -0.274. The van der Waals surface area contributed by atoms with Crippen molar-refractivity contribution in [3.8, 4) is 11.8 Å². The molecule has 96 valence electrons. The number of alkyl halides is 4. The van der Waals surface area contributed by atoms with Gasteiger partial charge in [0.1, 0.15) is 5.75 Å². The zero-order valence-electron chi connectivity index (χ0n) is 8.58. The number of hydrogen-bond donors (Lipinski definition) is 1. The fraction of sp³-hybridized carbons (Fsp3) is 0.200. The molecule has 0 aliphatic heterocycles. The number of aromatic carboxylic acids is 1. The number of benzene rings is 1. The first-order valence-electron chi connectivity index (χ1n) is 4.40. The molecule has 18 heavy (non-hydrogen) atoms. The van der Waals surface area contributed by atoms with Crippen molar-refractivity contribution in [1.29, 1.82) is 5.26 Å². The molecule has 0 radical (unpaired) electrons. The van der Waals surface area contributed by atoms with E-state index in [9.17, 15) is 18.0 Å². The lowest BCUT2D eigenvalue weighted by Gasteiger charge is -2.13. The summed E-state index contributed by atoms with van der Waals surface area (Å²) in [5.74, 6) is -2.66. The van der Waals surface area contributed by atoms with E-state index in [2.05, 4.69) is 4.74 Å². The van der Waals surface area contributed by atoms with E-state index < -0.39 is 29.5 Å². The van der Waals surface area contributed by atoms with E-state index in [1.54, 1.807) is 6.07 Å². The molecule has 0 atom stereocenters. The molecule has 0 amide bonds. The SMILES string of the molecule is N#Cc1cc(C(=O)O)cc(OC(F)(F)F)c1CCl. The van der Waals surface area contributed by atoms with Crippen molar-refractivity contribution in [2.45, 2.75) is 12.2 Å². The predicted molar refractivity (Wildman–Crippen MR) is 54.4 cm³/mol. The standard InChI is InChI=1S/C10H5ClF3NO3/c11-3-7-6(4-15)1-5(9(16)17)2-8(7)18-10(12,13)14/h1-2H,3H2,(H,16,17). The van der Waals surface area contributed by atoms with Gasteiger partial charge in [0.2, 0.25) is 0 Å². The third-order valence-corrected chi connectivity index (χ3v) is 2.20. The van der Waals surface area contributed by atoms with Crippen LogP contribution in [0.3, 0.4) is 0 Å². The highest BCUT2D eigenvalue weighted by atomic mass is 35.5. The van der Waals surface area contributed by atoms with Crippen molar-refractivity contribution < 1.29 is 27.8 Å². The zero-order valence-corrected chi connectivity index (χ0v) is 9.34. The molecule has 0 unspecified atom stereocenters. The first-order valence-corrected chi connectivity index (χ1v) is 4.94. The summed E-state index contributed by atoms with van der Waals surface area (Å²) >= 11 is 5.43. The Morgan fingerprint density at radius 3 is 2.50 bits per heavy atom. The Hall–Kier alpha value is -1.94. The minimum atomic E-state index is -5.00. The predicted octanol–water partition coefficient (Wildman–Crippen LogP) is 2.89. The molecule has 0 aromatic heterocycles. The monoisotopic (exact) mass is 279 g/mol. The molecule has 4 nitrogen and oxygen atoms in total. The van der Waals surface area contributed by atoms with Crippen molar-refractivity contribution in [2.24, 2.45) is 0 Å². The first kappa shape index (κ1) is 14.1. The minimum absolute atomic E-state index is 0.207. The summed E-state index contributed by atoms with van der Waals surface area (Å²) in [6, 6.07) is 3.18. The third-order valence-electron chi connectivity index (χ3n) is 1.94. The lowest BCUT2D eigenvalue weighted by Crippen LogP contribution is -2.19. The Kier molecular flexibility index (Phi) is 4.03. The summed E-state index contributed by atoms with van der Waals surface area (Å²) in [7, 11) is 0. The number of hydrogen-bond acceptors (Lipinski definition) is 3. The van der Waals surface area contributed by atoms with Crippen LogP contribution in [0.4, 0.5) is 13.2 Å². The number of carboxylic acid groups (broad SMARTS) is 1. The highest BCUT2D eigenvalue weighted by Crippen LogP contribution is 2.31. The number of ether oxygens (including phenoxy) is 1. The highest BCUT2D eigenvalue weighted by molar-refractivity contribution is 6.17. The fourth-order valence-corrected chi connectivity index (χ4v) is 1.50. The quantitative estimate of drug-likeness (QED) is 0.864. The van der Waals surface area contributed by atoms with Gasteiger partial charge >= 0.3 is 12.3 Å². The second kappa shape index (κ2) is 5.14. The van der Waals surface area contributed by atoms with Crippen molar-refractivity contribution in [1.82, 2.24) is 0 Å². The van der Waals surface area contributed by atoms with E-state index in [0.29, 0.717) is 6.07 Å². The number of nitrogens with zero attached hydrogens (tertiary/aromatic N) is 1. The minimum Gasteiger partial charge on any atom is -0.478 e. The van der Waals surface area contributed by atoms with Gasteiger partial charge in [-0.1, -0.05) is 0 Å². The van der Waals surface area contributed by atoms with Gasteiger partial charge in [-0.3, -0.25) is 0 Å². The van der Waals surface area contributed by atoms with Gasteiger partial charge in [-0.25, -0.2) is 4.79 Å². The molecule has 1 aromatic carbocycles. The molecular formula is C10H5ClF3NO3. The van der Waals surface area contributed by atoms with Crippen LogP contribution >= 0.6 is 11.6 Å². The second-order valence-corrected chi connectivity index (χ2v) is 3.37. The van der Waals surface area contributed by atoms with Gasteiger partial charge in [-0.15, -0.1) is 24.8 Å². The smallest absolute Gasteiger partial charge is 0.478 e. The molecular weight excluding hydrogens is 275 g/mol. The van der Waals surface area contributed by atoms with Gasteiger partial charge in [0, 0.05) is 5.56 Å². The third kappa shape index (κ3) is 3.28. The van der Waals surface area contributed by atoms with Crippen LogP contribution in [0.1, 0.15) is 21.5 Å². The molecule has 0 saturated heterocycles. The van der Waals surface area contributed by atoms with Crippen LogP contribution in [0.2, 0.25) is 0 Å². The van der Waals surface area contributed by atoms with Gasteiger partial charge in [0.05, 0.1) is 23.1 Å². The zero-order chi connectivity index (χ0) is 13.9. The van der Waals surface area contributed by atoms with Gasteiger partial charge in [0.25, 0.3) is 0 Å². The summed E-state index contributed by atoms with van der Waals surface area (Å²) in [4.78, 5) is 10.7. The lowest BCUT2D eigenvalue weighted by atomic mass is 10.0. The maximum Gasteiger partial charge on any atom is 0.573 e. The molecule has 0 bridgehead atoms. The molecule has 1 rings (SSSR count). The molecule has 1 aromatic rings. The van der Waals surface area contributed by atoms with E-state index in [4.69, 9.17) is 22.0 Å². The molecule has 8 heteroatoms. The molecule has 0 heterocycles. The van der Waals surface area contributed by atoms with E-state index in [-0.39, 0.29) is 11.1 Å². The van der Waals surface area contributed by atoms with Crippen LogP contribution in [-0.2, 0) is 5.88 Å². The summed E-state index contributed by atoms with van der Waals surface area (Å²) in [5.41, 5.74) is -0.967. The molecule has 0 saturated carbocycles. The van der Waals surface area contributed by atoms with Gasteiger partial charge in [-0.2, -0.15) is 5.26 Å². The fourth-order valence-electron chi connectivity index (χ4n) is 1.22. The van der Waals surface area contributed by atoms with Gasteiger partial charge < -0.3 is 9.84 Å². The summed E-state index contributed by atoms with van der Waals surface area (Å²) in [5, 5.41) is 17.5. The maximum absolute atomic E-state index is 12.1. The van der Waals surface area contributed by atoms with E-state index in [1.807, 2.05) is 0 Å². The summed E-state index contributed by atoms with van der Waals surface area (Å²) in [6.07, 6.45) is -5.00. The first-order chi connectivity index (χ1) is 8.28. The van der Waals surface area contributed by atoms with E-state index in [1.165, 1.54) is 0 Å². The van der Waals surface area contributed by atoms with Crippen molar-refractivity contribution in [3.05, 3.63) is 28.8 Å². The van der Waals surface area contributed by atoms with Crippen LogP contribution in [0.5, 0.6) is 5.75 Å². The summed E-state index contributed by atoms with van der Waals surface area (Å²) < 4.78 is 40.0. The number of nitriles is 1. The van der Waals surface area contributed by atoms with E-state index >= 15 is 0 Å². The van der Waals surface area contributed by atoms with Gasteiger partial charge in [0.15, 0.2) is 0 Å². The van der Waals surface area contributed by atoms with Gasteiger partial charge in [-0.05, 0) is 12.1 Å². The topological polar surface area (TPSA) is 70.3 Å². The molecule has 0 aliphatic rings. The number of rotatable bonds is 3. The number of carbonyl (C=O) groups is 1. The number of halogens is 4. The maximum atomic E-state index is 12.1. The van der Waals surface area contributed by atoms with Crippen molar-refractivity contribution >= 4 is 17.6 Å². The van der Waals surface area contributed by atoms with E-state index in [0.717, 1.165) is 6.07 Å². The Bertz CT molecular complexity index is 522. The Labute approximate surface area is 104 Å². The molecule has 0 aliphatic carbocycles. The largest absolute Gasteiger partial charge is 0.573 e. The average Bonchev–Trinajstić information content (AvgIpc) is 2.25. The molecule has 1 N–H and O–H groups in total. The normalized spacial score (nSPS) is 10.8. The summed E-state index contributed by atoms with van der Waals surface area (Å²) in [6.45, 7) is 0. The Balaban J connectivity index is 3.42. The van der Waals surface area contributed by atoms with Crippen LogP contribution in [0.15, 0.2) is 12.1 Å². The van der Waals surface area contributed by atoms with Crippen molar-refractivity contribution in [2.75, 3.05) is 0 Å². The molecule has 0 fully saturated rings. The van der Waals surface area contributed by atoms with Crippen LogP contribution in [0.25, 0.3) is 0 Å². The Morgan fingerprint density at radius 2 is 2.11 bits per heavy atom. The average molecular weight is 280 g/mol. The molecule has 0 spiro atoms. The number of carboxylic acids is 1. The van der Waals surface area contributed by atoms with Crippen LogP contribution < -0.4 is 4.74 Å². The van der Waals surface area contributed by atoms with Crippen LogP contribution in [-0.4, -0.2) is 17.4 Å². The highest BCUT2D eigenvalue weighted by Gasteiger charge is 2.33. The van der Waals surface area contributed by atoms with Crippen molar-refractivity contribution in [3.63, 3.8) is 0 Å². The Morgan fingerprint density at radius 1 is 1.50 bits per heavy atom. The van der Waals surface area contributed by atoms with Crippen LogP contribution in [0, 0.1) is 11.3 Å². The second-order valence-electron chi connectivity index (χ2n) is 3.10.